The van der Waals surface area contributed by atoms with Crippen molar-refractivity contribution < 1.29 is 14.3 Å². The summed E-state index contributed by atoms with van der Waals surface area (Å²) in [6.07, 6.45) is 3.47. The molecule has 0 N–H and O–H groups in total. The van der Waals surface area contributed by atoms with Gasteiger partial charge in [-0.05, 0) is 60.2 Å². The molecule has 0 spiro atoms. The predicted octanol–water partition coefficient (Wildman–Crippen LogP) is 6.34. The molecule has 0 saturated heterocycles. The van der Waals surface area contributed by atoms with Gasteiger partial charge in [-0.15, -0.1) is 0 Å². The highest BCUT2D eigenvalue weighted by molar-refractivity contribution is 7.22. The van der Waals surface area contributed by atoms with E-state index >= 15 is 0 Å². The van der Waals surface area contributed by atoms with Gasteiger partial charge in [-0.2, -0.15) is 0 Å². The minimum atomic E-state index is -0.173. The van der Waals surface area contributed by atoms with E-state index < -0.39 is 0 Å². The van der Waals surface area contributed by atoms with E-state index in [0.717, 1.165) is 21.5 Å². The maximum atomic E-state index is 13.7. The Kier molecular flexibility index (Phi) is 6.18. The number of hydrogen-bond donors (Lipinski definition) is 0. The number of thiazole rings is 1. The van der Waals surface area contributed by atoms with Crippen molar-refractivity contribution in [3.05, 3.63) is 108 Å². The smallest absolute Gasteiger partial charge is 0.260 e. The number of pyridine rings is 1. The second-order valence-electron chi connectivity index (χ2n) is 7.53. The monoisotopic (exact) mass is 467 g/mol. The number of carbonyl (C=O) groups excluding carboxylic acids is 1. The quantitative estimate of drug-likeness (QED) is 0.279. The number of methoxy groups -OCH3 is 1. The zero-order chi connectivity index (χ0) is 23.3. The van der Waals surface area contributed by atoms with Crippen LogP contribution in [0.5, 0.6) is 17.2 Å². The predicted molar refractivity (Wildman–Crippen MR) is 134 cm³/mol. The lowest BCUT2D eigenvalue weighted by molar-refractivity contribution is 0.0985. The molecular formula is C27H21N3O3S. The van der Waals surface area contributed by atoms with Crippen LogP contribution in [0.2, 0.25) is 0 Å². The van der Waals surface area contributed by atoms with E-state index in [4.69, 9.17) is 14.5 Å². The van der Waals surface area contributed by atoms with Crippen molar-refractivity contribution in [2.45, 2.75) is 6.54 Å². The standard InChI is InChI=1S/C27H21N3O3S/c1-32-22-12-13-24-25(16-22)34-27(29-24)30(18-19-7-6-14-28-17-19)26(31)20-8-5-11-23(15-20)33-21-9-3-2-4-10-21/h2-17H,18H2,1H3. The molecule has 2 heterocycles. The Balaban J connectivity index is 1.50. The number of rotatable bonds is 7. The summed E-state index contributed by atoms with van der Waals surface area (Å²) in [5, 5.41) is 0.603. The van der Waals surface area contributed by atoms with Gasteiger partial charge < -0.3 is 9.47 Å². The fourth-order valence-electron chi connectivity index (χ4n) is 3.51. The number of nitrogens with zero attached hydrogens (tertiary/aromatic N) is 3. The summed E-state index contributed by atoms with van der Waals surface area (Å²) in [5.41, 5.74) is 2.23. The summed E-state index contributed by atoms with van der Waals surface area (Å²) in [4.78, 5) is 24.4. The number of para-hydroxylation sites is 1. The van der Waals surface area contributed by atoms with E-state index in [-0.39, 0.29) is 5.91 Å². The van der Waals surface area contributed by atoms with Crippen LogP contribution in [-0.4, -0.2) is 23.0 Å². The highest BCUT2D eigenvalue weighted by Gasteiger charge is 2.22. The van der Waals surface area contributed by atoms with Crippen molar-refractivity contribution in [2.24, 2.45) is 0 Å². The van der Waals surface area contributed by atoms with Crippen molar-refractivity contribution in [1.82, 2.24) is 9.97 Å². The normalized spacial score (nSPS) is 10.7. The first kappa shape index (κ1) is 21.6. The van der Waals surface area contributed by atoms with Crippen LogP contribution in [0.3, 0.4) is 0 Å². The Morgan fingerprint density at radius 2 is 1.76 bits per heavy atom. The number of amides is 1. The zero-order valence-corrected chi connectivity index (χ0v) is 19.2. The summed E-state index contributed by atoms with van der Waals surface area (Å²) < 4.78 is 12.2. The third-order valence-electron chi connectivity index (χ3n) is 5.18. The van der Waals surface area contributed by atoms with Crippen molar-refractivity contribution in [2.75, 3.05) is 12.0 Å². The lowest BCUT2D eigenvalue weighted by atomic mass is 10.1. The molecule has 1 amide bonds. The molecule has 0 bridgehead atoms. The zero-order valence-electron chi connectivity index (χ0n) is 18.4. The molecule has 168 valence electrons. The SMILES string of the molecule is COc1ccc2nc(N(Cc3cccnc3)C(=O)c3cccc(Oc4ccccc4)c3)sc2c1. The van der Waals surface area contributed by atoms with Crippen molar-refractivity contribution in [3.63, 3.8) is 0 Å². The van der Waals surface area contributed by atoms with E-state index in [0.29, 0.717) is 28.7 Å². The molecule has 0 unspecified atom stereocenters. The first-order chi connectivity index (χ1) is 16.7. The number of hydrogen-bond acceptors (Lipinski definition) is 6. The maximum Gasteiger partial charge on any atom is 0.260 e. The minimum Gasteiger partial charge on any atom is -0.497 e. The third kappa shape index (κ3) is 4.74. The molecular weight excluding hydrogens is 446 g/mol. The molecule has 0 fully saturated rings. The van der Waals surface area contributed by atoms with Crippen LogP contribution in [-0.2, 0) is 6.54 Å². The second-order valence-corrected chi connectivity index (χ2v) is 8.53. The topological polar surface area (TPSA) is 64.5 Å². The first-order valence-corrected chi connectivity index (χ1v) is 11.5. The summed E-state index contributed by atoms with van der Waals surface area (Å²) in [6.45, 7) is 0.341. The van der Waals surface area contributed by atoms with Crippen molar-refractivity contribution in [1.29, 1.82) is 0 Å². The van der Waals surface area contributed by atoms with Crippen LogP contribution in [0.15, 0.2) is 97.3 Å². The van der Waals surface area contributed by atoms with Gasteiger partial charge in [0.1, 0.15) is 17.2 Å². The molecule has 0 aliphatic carbocycles. The van der Waals surface area contributed by atoms with Crippen LogP contribution in [0.1, 0.15) is 15.9 Å². The number of aromatic nitrogens is 2. The van der Waals surface area contributed by atoms with Crippen LogP contribution in [0, 0.1) is 0 Å². The van der Waals surface area contributed by atoms with Crippen molar-refractivity contribution in [3.8, 4) is 17.2 Å². The summed E-state index contributed by atoms with van der Waals surface area (Å²) >= 11 is 1.45. The van der Waals surface area contributed by atoms with Gasteiger partial charge in [0, 0.05) is 18.0 Å². The van der Waals surface area contributed by atoms with E-state index in [9.17, 15) is 4.79 Å². The Hall–Kier alpha value is -4.23. The molecule has 5 aromatic rings. The van der Waals surface area contributed by atoms with Crippen LogP contribution < -0.4 is 14.4 Å². The van der Waals surface area contributed by atoms with Gasteiger partial charge in [-0.3, -0.25) is 14.7 Å². The molecule has 0 atom stereocenters. The molecule has 0 aliphatic heterocycles. The first-order valence-electron chi connectivity index (χ1n) is 10.7. The van der Waals surface area contributed by atoms with Gasteiger partial charge in [-0.25, -0.2) is 4.98 Å². The summed E-state index contributed by atoms with van der Waals surface area (Å²) in [5.74, 6) is 1.87. The number of ether oxygens (including phenoxy) is 2. The average Bonchev–Trinajstić information content (AvgIpc) is 3.31. The third-order valence-corrected chi connectivity index (χ3v) is 6.22. The Morgan fingerprint density at radius 3 is 2.56 bits per heavy atom. The molecule has 2 aromatic heterocycles. The number of benzene rings is 3. The van der Waals surface area contributed by atoms with Crippen LogP contribution in [0.4, 0.5) is 5.13 Å². The lowest BCUT2D eigenvalue weighted by Crippen LogP contribution is -2.30. The van der Waals surface area contributed by atoms with Crippen molar-refractivity contribution >= 4 is 32.6 Å². The average molecular weight is 468 g/mol. The fraction of sp³-hybridized carbons (Fsp3) is 0.0741. The van der Waals surface area contributed by atoms with Gasteiger partial charge in [0.05, 0.1) is 23.9 Å². The maximum absolute atomic E-state index is 13.7. The molecule has 3 aromatic carbocycles. The second kappa shape index (κ2) is 9.72. The number of carbonyl (C=O) groups is 1. The fourth-order valence-corrected chi connectivity index (χ4v) is 4.50. The highest BCUT2D eigenvalue weighted by atomic mass is 32.1. The summed E-state index contributed by atoms with van der Waals surface area (Å²) in [6, 6.07) is 26.2. The highest BCUT2D eigenvalue weighted by Crippen LogP contribution is 2.33. The molecule has 7 heteroatoms. The number of anilines is 1. The van der Waals surface area contributed by atoms with E-state index in [1.54, 1.807) is 36.5 Å². The Bertz CT molecular complexity index is 1420. The molecule has 0 aliphatic rings. The van der Waals surface area contributed by atoms with Gasteiger partial charge in [-0.1, -0.05) is 41.7 Å². The Labute approximate surface area is 201 Å². The van der Waals surface area contributed by atoms with Gasteiger partial charge in [0.2, 0.25) is 0 Å². The van der Waals surface area contributed by atoms with E-state index in [1.165, 1.54) is 11.3 Å². The summed E-state index contributed by atoms with van der Waals surface area (Å²) in [7, 11) is 1.63. The Morgan fingerprint density at radius 1 is 0.912 bits per heavy atom. The van der Waals surface area contributed by atoms with Gasteiger partial charge in [0.25, 0.3) is 5.91 Å². The molecule has 5 rings (SSSR count). The van der Waals surface area contributed by atoms with Gasteiger partial charge >= 0.3 is 0 Å². The largest absolute Gasteiger partial charge is 0.497 e. The lowest BCUT2D eigenvalue weighted by Gasteiger charge is -2.20. The minimum absolute atomic E-state index is 0.173. The molecule has 6 nitrogen and oxygen atoms in total. The van der Waals surface area contributed by atoms with Crippen LogP contribution >= 0.6 is 11.3 Å². The van der Waals surface area contributed by atoms with E-state index in [2.05, 4.69) is 4.98 Å². The molecule has 0 radical (unpaired) electrons. The number of fused-ring (bicyclic) bond motifs is 1. The molecule has 34 heavy (non-hydrogen) atoms. The van der Waals surface area contributed by atoms with Gasteiger partial charge in [0.15, 0.2) is 5.13 Å². The van der Waals surface area contributed by atoms with E-state index in [1.807, 2.05) is 72.8 Å². The van der Waals surface area contributed by atoms with Crippen LogP contribution in [0.25, 0.3) is 10.2 Å². The molecule has 0 saturated carbocycles.